The molecule has 0 bridgehead atoms. The van der Waals surface area contributed by atoms with Crippen LogP contribution in [0.2, 0.25) is 0 Å². The Morgan fingerprint density at radius 3 is 2.77 bits per heavy atom. The van der Waals surface area contributed by atoms with Crippen molar-refractivity contribution in [2.45, 2.75) is 17.9 Å². The molecule has 1 fully saturated rings. The second kappa shape index (κ2) is 7.57. The van der Waals surface area contributed by atoms with E-state index in [9.17, 15) is 8.42 Å². The van der Waals surface area contributed by atoms with E-state index < -0.39 is 10.0 Å². The van der Waals surface area contributed by atoms with Gasteiger partial charge >= 0.3 is 0 Å². The molecule has 1 saturated heterocycles. The summed E-state index contributed by atoms with van der Waals surface area (Å²) in [4.78, 5) is 4.41. The van der Waals surface area contributed by atoms with Gasteiger partial charge in [0.15, 0.2) is 0 Å². The molecule has 3 rings (SSSR count). The summed E-state index contributed by atoms with van der Waals surface area (Å²) in [6.07, 6.45) is 3.32. The van der Waals surface area contributed by atoms with Crippen LogP contribution in [-0.2, 0) is 10.0 Å². The Morgan fingerprint density at radius 1 is 1.27 bits per heavy atom. The van der Waals surface area contributed by atoms with E-state index in [4.69, 9.17) is 0 Å². The Labute approximate surface area is 143 Å². The maximum atomic E-state index is 12.9. The lowest BCUT2D eigenvalue weighted by Crippen LogP contribution is -2.52. The Kier molecular flexibility index (Phi) is 6.58. The van der Waals surface area contributed by atoms with Crippen molar-refractivity contribution >= 4 is 45.6 Å². The van der Waals surface area contributed by atoms with Crippen molar-refractivity contribution < 1.29 is 8.42 Å². The number of piperazine rings is 1. The molecule has 1 aromatic carbocycles. The fourth-order valence-electron chi connectivity index (χ4n) is 2.62. The Morgan fingerprint density at radius 2 is 2.05 bits per heavy atom. The molecule has 2 aromatic rings. The summed E-state index contributed by atoms with van der Waals surface area (Å²) in [5.74, 6) is 0. The molecule has 22 heavy (non-hydrogen) atoms. The molecule has 1 N–H and O–H groups in total. The predicted octanol–water partition coefficient (Wildman–Crippen LogP) is 2.06. The lowest BCUT2D eigenvalue weighted by atomic mass is 10.2. The van der Waals surface area contributed by atoms with Crippen LogP contribution < -0.4 is 5.32 Å². The van der Waals surface area contributed by atoms with Gasteiger partial charge in [-0.15, -0.1) is 24.8 Å². The smallest absolute Gasteiger partial charge is 0.244 e. The summed E-state index contributed by atoms with van der Waals surface area (Å²) in [6, 6.07) is 7.04. The minimum atomic E-state index is -3.47. The van der Waals surface area contributed by atoms with Crippen LogP contribution in [0.15, 0.2) is 41.6 Å². The standard InChI is InChI=1S/C14H17N3O2S.2ClH/c1-11-9-16-7-8-17(11)20(18,19)14-4-2-3-12-10-15-6-5-13(12)14;;/h2-6,10-11,16H,7-9H2,1H3;2*1H. The van der Waals surface area contributed by atoms with E-state index in [0.29, 0.717) is 24.5 Å². The maximum absolute atomic E-state index is 12.9. The third-order valence-electron chi connectivity index (χ3n) is 3.67. The Balaban J connectivity index is 0.00000121. The molecule has 8 heteroatoms. The zero-order valence-electron chi connectivity index (χ0n) is 12.1. The number of hydrogen-bond acceptors (Lipinski definition) is 4. The number of benzene rings is 1. The first kappa shape index (κ1) is 19.1. The van der Waals surface area contributed by atoms with E-state index in [1.165, 1.54) is 0 Å². The summed E-state index contributed by atoms with van der Waals surface area (Å²) in [7, 11) is -3.47. The third-order valence-corrected chi connectivity index (χ3v) is 5.74. The zero-order valence-corrected chi connectivity index (χ0v) is 14.5. The molecule has 0 saturated carbocycles. The van der Waals surface area contributed by atoms with Gasteiger partial charge in [-0.05, 0) is 19.1 Å². The van der Waals surface area contributed by atoms with Gasteiger partial charge in [-0.2, -0.15) is 4.31 Å². The Hall–Kier alpha value is -0.920. The molecular formula is C14H19Cl2N3O2S. The normalized spacial score (nSPS) is 19.2. The van der Waals surface area contributed by atoms with Crippen molar-refractivity contribution in [3.05, 3.63) is 36.7 Å². The summed E-state index contributed by atoms with van der Waals surface area (Å²) >= 11 is 0. The van der Waals surface area contributed by atoms with Gasteiger partial charge in [0.2, 0.25) is 10.0 Å². The lowest BCUT2D eigenvalue weighted by Gasteiger charge is -2.33. The first-order valence-electron chi connectivity index (χ1n) is 6.66. The molecule has 1 aliphatic heterocycles. The van der Waals surface area contributed by atoms with Gasteiger partial charge in [-0.3, -0.25) is 4.98 Å². The van der Waals surface area contributed by atoms with Gasteiger partial charge in [0.1, 0.15) is 0 Å². The number of pyridine rings is 1. The maximum Gasteiger partial charge on any atom is 0.244 e. The highest BCUT2D eigenvalue weighted by molar-refractivity contribution is 7.89. The van der Waals surface area contributed by atoms with Crippen LogP contribution >= 0.6 is 24.8 Å². The zero-order chi connectivity index (χ0) is 14.2. The van der Waals surface area contributed by atoms with E-state index in [-0.39, 0.29) is 30.9 Å². The largest absolute Gasteiger partial charge is 0.314 e. The highest BCUT2D eigenvalue weighted by Crippen LogP contribution is 2.26. The number of fused-ring (bicyclic) bond motifs is 1. The first-order chi connectivity index (χ1) is 9.60. The molecule has 2 heterocycles. The molecule has 0 radical (unpaired) electrons. The highest BCUT2D eigenvalue weighted by Gasteiger charge is 2.31. The number of nitrogens with one attached hydrogen (secondary N) is 1. The van der Waals surface area contributed by atoms with E-state index in [1.54, 1.807) is 34.9 Å². The fourth-order valence-corrected chi connectivity index (χ4v) is 4.47. The number of nitrogens with zero attached hydrogens (tertiary/aromatic N) is 2. The topological polar surface area (TPSA) is 62.3 Å². The lowest BCUT2D eigenvalue weighted by molar-refractivity contribution is 0.284. The van der Waals surface area contributed by atoms with Crippen LogP contribution in [0, 0.1) is 0 Å². The van der Waals surface area contributed by atoms with E-state index in [0.717, 1.165) is 10.8 Å². The molecule has 1 unspecified atom stereocenters. The monoisotopic (exact) mass is 363 g/mol. The Bertz CT molecular complexity index is 734. The number of halogens is 2. The summed E-state index contributed by atoms with van der Waals surface area (Å²) in [5, 5.41) is 4.78. The second-order valence-corrected chi connectivity index (χ2v) is 6.88. The summed E-state index contributed by atoms with van der Waals surface area (Å²) < 4.78 is 27.4. The van der Waals surface area contributed by atoms with Crippen LogP contribution in [0.3, 0.4) is 0 Å². The third kappa shape index (κ3) is 3.36. The average molecular weight is 364 g/mol. The first-order valence-corrected chi connectivity index (χ1v) is 8.10. The molecule has 0 spiro atoms. The number of aromatic nitrogens is 1. The van der Waals surface area contributed by atoms with Gasteiger partial charge in [-0.1, -0.05) is 12.1 Å². The second-order valence-electron chi connectivity index (χ2n) is 5.02. The number of rotatable bonds is 2. The molecular weight excluding hydrogens is 345 g/mol. The van der Waals surface area contributed by atoms with Gasteiger partial charge in [0, 0.05) is 48.8 Å². The summed E-state index contributed by atoms with van der Waals surface area (Å²) in [5.41, 5.74) is 0. The van der Waals surface area contributed by atoms with E-state index >= 15 is 0 Å². The fraction of sp³-hybridized carbons (Fsp3) is 0.357. The van der Waals surface area contributed by atoms with Crippen LogP contribution in [0.4, 0.5) is 0 Å². The van der Waals surface area contributed by atoms with Crippen molar-refractivity contribution in [3.63, 3.8) is 0 Å². The van der Waals surface area contributed by atoms with Crippen molar-refractivity contribution in [2.75, 3.05) is 19.6 Å². The van der Waals surface area contributed by atoms with Crippen LogP contribution in [-0.4, -0.2) is 43.4 Å². The molecule has 1 aromatic heterocycles. The van der Waals surface area contributed by atoms with Crippen LogP contribution in [0.1, 0.15) is 6.92 Å². The van der Waals surface area contributed by atoms with Gasteiger partial charge < -0.3 is 5.32 Å². The SMILES string of the molecule is CC1CNCCN1S(=O)(=O)c1cccc2cnccc12.Cl.Cl. The van der Waals surface area contributed by atoms with Gasteiger partial charge in [0.25, 0.3) is 0 Å². The molecule has 0 amide bonds. The van der Waals surface area contributed by atoms with Crippen molar-refractivity contribution in [1.82, 2.24) is 14.6 Å². The van der Waals surface area contributed by atoms with E-state index in [1.807, 2.05) is 13.0 Å². The molecule has 1 aliphatic rings. The molecule has 122 valence electrons. The van der Waals surface area contributed by atoms with Gasteiger partial charge in [-0.25, -0.2) is 8.42 Å². The minimum Gasteiger partial charge on any atom is -0.314 e. The van der Waals surface area contributed by atoms with Crippen molar-refractivity contribution in [3.8, 4) is 0 Å². The highest BCUT2D eigenvalue weighted by atomic mass is 35.5. The van der Waals surface area contributed by atoms with Gasteiger partial charge in [0.05, 0.1) is 4.90 Å². The van der Waals surface area contributed by atoms with Crippen LogP contribution in [0.5, 0.6) is 0 Å². The van der Waals surface area contributed by atoms with Crippen molar-refractivity contribution in [2.24, 2.45) is 0 Å². The predicted molar refractivity (Wildman–Crippen MR) is 92.5 cm³/mol. The number of hydrogen-bond donors (Lipinski definition) is 1. The quantitative estimate of drug-likeness (QED) is 0.886. The average Bonchev–Trinajstić information content (AvgIpc) is 2.47. The molecule has 0 aliphatic carbocycles. The minimum absolute atomic E-state index is 0. The molecule has 5 nitrogen and oxygen atoms in total. The van der Waals surface area contributed by atoms with Crippen molar-refractivity contribution in [1.29, 1.82) is 0 Å². The molecule has 1 atom stereocenters. The summed E-state index contributed by atoms with van der Waals surface area (Å²) in [6.45, 7) is 3.81. The number of sulfonamides is 1. The van der Waals surface area contributed by atoms with Crippen LogP contribution in [0.25, 0.3) is 10.8 Å². The van der Waals surface area contributed by atoms with E-state index in [2.05, 4.69) is 10.3 Å².